The molecule has 4 N–H and O–H groups in total. The van der Waals surface area contributed by atoms with Crippen molar-refractivity contribution < 1.29 is 4.74 Å². The molecule has 2 aliphatic heterocycles. The molecule has 7 heteroatoms. The highest BCUT2D eigenvalue weighted by Crippen LogP contribution is 2.36. The fourth-order valence-corrected chi connectivity index (χ4v) is 3.82. The Labute approximate surface area is 170 Å². The van der Waals surface area contributed by atoms with Gasteiger partial charge in [0.2, 0.25) is 0 Å². The molecule has 4 rings (SSSR count). The first-order chi connectivity index (χ1) is 14.0. The van der Waals surface area contributed by atoms with Crippen molar-refractivity contribution in [1.82, 2.24) is 0 Å². The average molecular weight is 388 g/mol. The van der Waals surface area contributed by atoms with Crippen molar-refractivity contribution >= 4 is 22.7 Å². The zero-order chi connectivity index (χ0) is 20.4. The molecule has 4 atom stereocenters. The quantitative estimate of drug-likeness (QED) is 0.600. The minimum Gasteiger partial charge on any atom is -0.457 e. The lowest BCUT2D eigenvalue weighted by atomic mass is 10.1. The van der Waals surface area contributed by atoms with Gasteiger partial charge in [-0.3, -0.25) is 0 Å². The number of hydrogen-bond acceptors (Lipinski definition) is 7. The summed E-state index contributed by atoms with van der Waals surface area (Å²) in [4.78, 5) is 0. The molecular weight excluding hydrogens is 364 g/mol. The van der Waals surface area contributed by atoms with Crippen LogP contribution in [0.3, 0.4) is 0 Å². The smallest absolute Gasteiger partial charge is 0.129 e. The largest absolute Gasteiger partial charge is 0.457 e. The van der Waals surface area contributed by atoms with Crippen molar-refractivity contribution in [3.05, 3.63) is 36.4 Å². The van der Waals surface area contributed by atoms with Crippen LogP contribution in [0.5, 0.6) is 11.5 Å². The normalized spacial score (nSPS) is 25.0. The van der Waals surface area contributed by atoms with E-state index in [1.165, 1.54) is 0 Å². The molecule has 7 nitrogen and oxygen atoms in total. The van der Waals surface area contributed by atoms with Crippen LogP contribution in [0.2, 0.25) is 0 Å². The van der Waals surface area contributed by atoms with Gasteiger partial charge >= 0.3 is 0 Å². The first kappa shape index (κ1) is 18.8. The first-order valence-electron chi connectivity index (χ1n) is 9.85. The highest BCUT2D eigenvalue weighted by atomic mass is 16.5. The Morgan fingerprint density at radius 1 is 0.724 bits per heavy atom. The van der Waals surface area contributed by atoms with Gasteiger partial charge < -0.3 is 26.0 Å². The third kappa shape index (κ3) is 4.14. The number of nitriles is 2. The number of fused-ring (bicyclic) bond motifs is 2. The summed E-state index contributed by atoms with van der Waals surface area (Å²) in [5, 5.41) is 32.0. The number of nitrogens with one attached hydrogen (secondary N) is 4. The Morgan fingerprint density at radius 3 is 1.59 bits per heavy atom. The van der Waals surface area contributed by atoms with Gasteiger partial charge in [0.05, 0.1) is 34.9 Å². The monoisotopic (exact) mass is 388 g/mol. The van der Waals surface area contributed by atoms with E-state index in [1.54, 1.807) is 0 Å². The summed E-state index contributed by atoms with van der Waals surface area (Å²) in [6.07, 6.45) is 1.46. The Balaban J connectivity index is 1.56. The van der Waals surface area contributed by atoms with Crippen LogP contribution < -0.4 is 26.0 Å². The van der Waals surface area contributed by atoms with Crippen molar-refractivity contribution in [2.24, 2.45) is 0 Å². The second-order valence-electron chi connectivity index (χ2n) is 7.73. The Bertz CT molecular complexity index is 912. The minimum atomic E-state index is -0.215. The molecule has 0 radical (unpaired) electrons. The summed E-state index contributed by atoms with van der Waals surface area (Å²) in [6.45, 7) is 4.13. The van der Waals surface area contributed by atoms with Crippen molar-refractivity contribution in [1.29, 1.82) is 10.5 Å². The number of benzene rings is 2. The van der Waals surface area contributed by atoms with Crippen LogP contribution in [0.4, 0.5) is 22.7 Å². The molecule has 4 unspecified atom stereocenters. The molecule has 29 heavy (non-hydrogen) atoms. The highest BCUT2D eigenvalue weighted by molar-refractivity contribution is 5.74. The van der Waals surface area contributed by atoms with E-state index in [0.29, 0.717) is 11.5 Å². The standard InChI is InChI=1S/C22H24N6O/c1-13-7-15(11-23)27-19-5-3-17(9-21(19)25-13)29-18-4-6-20-22(10-18)26-14(2)8-16(12-24)28-20/h3-6,9-10,13-16,25-28H,7-8H2,1-2H3. The maximum Gasteiger partial charge on any atom is 0.129 e. The zero-order valence-corrected chi connectivity index (χ0v) is 16.5. The number of rotatable bonds is 2. The van der Waals surface area contributed by atoms with Crippen LogP contribution >= 0.6 is 0 Å². The van der Waals surface area contributed by atoms with Crippen LogP contribution in [0.1, 0.15) is 26.7 Å². The number of nitrogens with zero attached hydrogens (tertiary/aromatic N) is 2. The van der Waals surface area contributed by atoms with Gasteiger partial charge in [0.15, 0.2) is 0 Å². The van der Waals surface area contributed by atoms with E-state index in [-0.39, 0.29) is 24.2 Å². The van der Waals surface area contributed by atoms with Crippen LogP contribution in [0.25, 0.3) is 0 Å². The first-order valence-corrected chi connectivity index (χ1v) is 9.85. The van der Waals surface area contributed by atoms with E-state index in [0.717, 1.165) is 35.6 Å². The lowest BCUT2D eigenvalue weighted by Gasteiger charge is -2.16. The van der Waals surface area contributed by atoms with Crippen molar-refractivity contribution in [3.8, 4) is 23.6 Å². The van der Waals surface area contributed by atoms with Gasteiger partial charge in [-0.1, -0.05) is 0 Å². The molecule has 0 saturated carbocycles. The lowest BCUT2D eigenvalue weighted by Crippen LogP contribution is -2.22. The van der Waals surface area contributed by atoms with Gasteiger partial charge in [0.25, 0.3) is 0 Å². The maximum absolute atomic E-state index is 9.28. The molecule has 2 heterocycles. The van der Waals surface area contributed by atoms with Gasteiger partial charge in [-0.05, 0) is 38.1 Å². The van der Waals surface area contributed by atoms with Gasteiger partial charge in [-0.15, -0.1) is 0 Å². The summed E-state index contributed by atoms with van der Waals surface area (Å²) >= 11 is 0. The third-order valence-corrected chi connectivity index (χ3v) is 5.17. The highest BCUT2D eigenvalue weighted by Gasteiger charge is 2.21. The second-order valence-corrected chi connectivity index (χ2v) is 7.73. The summed E-state index contributed by atoms with van der Waals surface area (Å²) in [5.41, 5.74) is 3.65. The molecule has 0 bridgehead atoms. The summed E-state index contributed by atoms with van der Waals surface area (Å²) < 4.78 is 6.10. The summed E-state index contributed by atoms with van der Waals surface area (Å²) in [7, 11) is 0. The van der Waals surface area contributed by atoms with E-state index >= 15 is 0 Å². The molecule has 0 saturated heterocycles. The Morgan fingerprint density at radius 2 is 1.17 bits per heavy atom. The van der Waals surface area contributed by atoms with Crippen molar-refractivity contribution in [2.45, 2.75) is 50.9 Å². The third-order valence-electron chi connectivity index (χ3n) is 5.17. The molecule has 2 aromatic carbocycles. The zero-order valence-electron chi connectivity index (χ0n) is 16.5. The molecule has 2 aromatic rings. The number of hydrogen-bond donors (Lipinski definition) is 4. The Hall–Kier alpha value is -3.58. The molecule has 0 fully saturated rings. The molecule has 0 aromatic heterocycles. The van der Waals surface area contributed by atoms with Crippen LogP contribution in [-0.4, -0.2) is 24.2 Å². The topological polar surface area (TPSA) is 105 Å². The van der Waals surface area contributed by atoms with E-state index in [1.807, 2.05) is 36.4 Å². The van der Waals surface area contributed by atoms with E-state index in [9.17, 15) is 10.5 Å². The lowest BCUT2D eigenvalue weighted by molar-refractivity contribution is 0.483. The van der Waals surface area contributed by atoms with Crippen molar-refractivity contribution in [2.75, 3.05) is 21.3 Å². The second kappa shape index (κ2) is 7.81. The van der Waals surface area contributed by atoms with E-state index in [4.69, 9.17) is 4.74 Å². The van der Waals surface area contributed by atoms with Crippen LogP contribution in [0, 0.1) is 22.7 Å². The van der Waals surface area contributed by atoms with Crippen LogP contribution in [-0.2, 0) is 0 Å². The molecule has 0 aliphatic carbocycles. The number of ether oxygens (including phenoxy) is 1. The molecule has 0 spiro atoms. The molecule has 2 aliphatic rings. The minimum absolute atomic E-state index is 0.181. The maximum atomic E-state index is 9.28. The number of anilines is 4. The van der Waals surface area contributed by atoms with Gasteiger partial charge in [-0.2, -0.15) is 10.5 Å². The predicted octanol–water partition coefficient (Wildman–Crippen LogP) is 4.50. The average Bonchev–Trinajstić information content (AvgIpc) is 2.96. The molecular formula is C22H24N6O. The van der Waals surface area contributed by atoms with Gasteiger partial charge in [0, 0.05) is 37.1 Å². The SMILES string of the molecule is CC1CC(C#N)Nc2ccc(Oc3ccc4c(c3)NC(C)CC(C#N)N4)cc2N1. The van der Waals surface area contributed by atoms with E-state index in [2.05, 4.69) is 47.3 Å². The predicted molar refractivity (Wildman–Crippen MR) is 114 cm³/mol. The van der Waals surface area contributed by atoms with Gasteiger partial charge in [0.1, 0.15) is 23.6 Å². The summed E-state index contributed by atoms with van der Waals surface area (Å²) in [6, 6.07) is 16.1. The van der Waals surface area contributed by atoms with Gasteiger partial charge in [-0.25, -0.2) is 0 Å². The molecule has 0 amide bonds. The fraction of sp³-hybridized carbons (Fsp3) is 0.364. The summed E-state index contributed by atoms with van der Waals surface area (Å²) in [5.74, 6) is 1.43. The Kier molecular flexibility index (Phi) is 5.05. The van der Waals surface area contributed by atoms with Crippen LogP contribution in [0.15, 0.2) is 36.4 Å². The fourth-order valence-electron chi connectivity index (χ4n) is 3.82. The molecule has 148 valence electrons. The van der Waals surface area contributed by atoms with Crippen molar-refractivity contribution in [3.63, 3.8) is 0 Å². The van der Waals surface area contributed by atoms with E-state index < -0.39 is 0 Å².